The Kier molecular flexibility index (Phi) is 4.30. The summed E-state index contributed by atoms with van der Waals surface area (Å²) in [6.45, 7) is 1.37. The molecule has 7 heteroatoms. The molecular weight excluding hydrogens is 350 g/mol. The van der Waals surface area contributed by atoms with E-state index in [-0.39, 0.29) is 11.5 Å². The van der Waals surface area contributed by atoms with Gasteiger partial charge < -0.3 is 10.1 Å². The van der Waals surface area contributed by atoms with E-state index in [9.17, 15) is 8.42 Å². The summed E-state index contributed by atoms with van der Waals surface area (Å²) in [4.78, 5) is 7.98. The predicted molar refractivity (Wildman–Crippen MR) is 100 cm³/mol. The summed E-state index contributed by atoms with van der Waals surface area (Å²) in [5, 5.41) is 10.1. The Balaban J connectivity index is 1.68. The van der Waals surface area contributed by atoms with E-state index in [4.69, 9.17) is 5.11 Å². The molecule has 1 aliphatic rings. The van der Waals surface area contributed by atoms with E-state index in [1.54, 1.807) is 37.4 Å². The van der Waals surface area contributed by atoms with Crippen LogP contribution in [0, 0.1) is 0 Å². The Morgan fingerprint density at radius 3 is 2.65 bits per heavy atom. The minimum absolute atomic E-state index is 0.180. The van der Waals surface area contributed by atoms with Crippen molar-refractivity contribution in [3.63, 3.8) is 0 Å². The number of hydrogen-bond acceptors (Lipinski definition) is 4. The van der Waals surface area contributed by atoms with E-state index in [2.05, 4.69) is 20.8 Å². The lowest BCUT2D eigenvalue weighted by Gasteiger charge is -2.12. The molecule has 0 unspecified atom stereocenters. The molecule has 0 aliphatic heterocycles. The highest BCUT2D eigenvalue weighted by atomic mass is 32.2. The topological polar surface area (TPSA) is 95.1 Å². The first-order valence-electron chi connectivity index (χ1n) is 8.69. The third-order valence-corrected chi connectivity index (χ3v) is 6.28. The summed E-state index contributed by atoms with van der Waals surface area (Å²) >= 11 is 0. The molecule has 6 nitrogen and oxygen atoms in total. The van der Waals surface area contributed by atoms with Gasteiger partial charge in [-0.05, 0) is 61.1 Å². The minimum Gasteiger partial charge on any atom is -0.395 e. The molecule has 0 bridgehead atoms. The maximum absolute atomic E-state index is 12.3. The van der Waals surface area contributed by atoms with Gasteiger partial charge in [0.15, 0.2) is 0 Å². The lowest BCUT2D eigenvalue weighted by molar-refractivity contribution is 0.265. The molecule has 0 spiro atoms. The number of hydrogen-bond donors (Lipinski definition) is 3. The Labute approximate surface area is 152 Å². The fraction of sp³-hybridized carbons (Fsp3) is 0.316. The zero-order valence-electron chi connectivity index (χ0n) is 14.4. The Morgan fingerprint density at radius 2 is 2.00 bits per heavy atom. The van der Waals surface area contributed by atoms with E-state index in [0.29, 0.717) is 5.92 Å². The number of nitrogens with one attached hydrogen (secondary N) is 2. The van der Waals surface area contributed by atoms with Gasteiger partial charge in [-0.15, -0.1) is 0 Å². The zero-order valence-corrected chi connectivity index (χ0v) is 15.3. The van der Waals surface area contributed by atoms with Gasteiger partial charge in [-0.3, -0.25) is 0 Å². The van der Waals surface area contributed by atoms with Crippen LogP contribution in [0.25, 0.3) is 22.2 Å². The molecule has 0 saturated heterocycles. The zero-order chi connectivity index (χ0) is 18.3. The summed E-state index contributed by atoms with van der Waals surface area (Å²) in [6.07, 6.45) is 4.20. The van der Waals surface area contributed by atoms with Gasteiger partial charge in [-0.2, -0.15) is 0 Å². The van der Waals surface area contributed by atoms with Crippen LogP contribution in [0.4, 0.5) is 0 Å². The van der Waals surface area contributed by atoms with Gasteiger partial charge in [0.1, 0.15) is 5.65 Å². The second-order valence-electron chi connectivity index (χ2n) is 6.85. The number of aliphatic hydroxyl groups is 1. The van der Waals surface area contributed by atoms with Gasteiger partial charge in [0.05, 0.1) is 11.5 Å². The first kappa shape index (κ1) is 17.2. The van der Waals surface area contributed by atoms with Crippen molar-refractivity contribution < 1.29 is 13.5 Å². The number of sulfonamides is 1. The first-order chi connectivity index (χ1) is 12.5. The first-order valence-corrected chi connectivity index (χ1v) is 10.2. The molecule has 0 radical (unpaired) electrons. The van der Waals surface area contributed by atoms with Crippen molar-refractivity contribution >= 4 is 21.1 Å². The van der Waals surface area contributed by atoms with Crippen LogP contribution < -0.4 is 4.72 Å². The number of aromatic amines is 1. The molecule has 3 aromatic rings. The minimum atomic E-state index is -3.64. The van der Waals surface area contributed by atoms with Crippen molar-refractivity contribution in [1.29, 1.82) is 0 Å². The molecule has 2 aromatic heterocycles. The molecular formula is C19H21N3O3S. The molecule has 0 amide bonds. The van der Waals surface area contributed by atoms with Gasteiger partial charge >= 0.3 is 0 Å². The number of aromatic nitrogens is 2. The van der Waals surface area contributed by atoms with Crippen molar-refractivity contribution in [1.82, 2.24) is 14.7 Å². The highest BCUT2D eigenvalue weighted by Gasteiger charge is 2.26. The fourth-order valence-corrected chi connectivity index (χ4v) is 4.33. The lowest BCUT2D eigenvalue weighted by atomic mass is 10.0. The maximum Gasteiger partial charge on any atom is 0.240 e. The van der Waals surface area contributed by atoms with Crippen LogP contribution in [0.3, 0.4) is 0 Å². The molecule has 1 aromatic carbocycles. The molecule has 1 fully saturated rings. The molecule has 26 heavy (non-hydrogen) atoms. The average Bonchev–Trinajstić information content (AvgIpc) is 3.39. The summed E-state index contributed by atoms with van der Waals surface area (Å²) in [6, 6.07) is 10.4. The number of benzene rings is 1. The Bertz CT molecular complexity index is 1040. The molecule has 1 aliphatic carbocycles. The number of fused-ring (bicyclic) bond motifs is 1. The lowest BCUT2D eigenvalue weighted by Crippen LogP contribution is -2.34. The van der Waals surface area contributed by atoms with Crippen molar-refractivity contribution in [2.24, 2.45) is 0 Å². The number of nitrogens with zero attached hydrogens (tertiary/aromatic N) is 1. The van der Waals surface area contributed by atoms with E-state index < -0.39 is 16.1 Å². The second kappa shape index (κ2) is 6.50. The summed E-state index contributed by atoms with van der Waals surface area (Å²) in [7, 11) is -3.64. The standard InChI is InChI=1S/C19H21N3O3S/c1-12(11-23)22-26(24,25)15-6-4-13(5-7-15)16-8-9-20-19-17(16)10-18(21-19)14-2-3-14/h4-10,12,14,22-23H,2-3,11H2,1H3,(H,20,21)/t12-/m1/s1. The highest BCUT2D eigenvalue weighted by molar-refractivity contribution is 7.89. The van der Waals surface area contributed by atoms with Crippen LogP contribution in [-0.4, -0.2) is 36.1 Å². The van der Waals surface area contributed by atoms with Gasteiger partial charge in [-0.25, -0.2) is 18.1 Å². The van der Waals surface area contributed by atoms with Crippen LogP contribution >= 0.6 is 0 Å². The fourth-order valence-electron chi connectivity index (χ4n) is 3.10. The summed E-state index contributed by atoms with van der Waals surface area (Å²) in [5.74, 6) is 0.615. The monoisotopic (exact) mass is 371 g/mol. The van der Waals surface area contributed by atoms with Crippen molar-refractivity contribution in [2.45, 2.75) is 36.6 Å². The maximum atomic E-state index is 12.3. The number of pyridine rings is 1. The number of rotatable bonds is 6. The largest absolute Gasteiger partial charge is 0.395 e. The van der Waals surface area contributed by atoms with E-state index in [0.717, 1.165) is 22.2 Å². The van der Waals surface area contributed by atoms with Gasteiger partial charge in [0.25, 0.3) is 0 Å². The van der Waals surface area contributed by atoms with E-state index in [1.807, 2.05) is 6.07 Å². The van der Waals surface area contributed by atoms with Crippen LogP contribution in [0.15, 0.2) is 47.5 Å². The smallest absolute Gasteiger partial charge is 0.240 e. The van der Waals surface area contributed by atoms with Gasteiger partial charge in [-0.1, -0.05) is 12.1 Å². The number of aliphatic hydroxyl groups excluding tert-OH is 1. The quantitative estimate of drug-likeness (QED) is 0.621. The molecule has 4 rings (SSSR count). The van der Waals surface area contributed by atoms with Crippen LogP contribution in [0.2, 0.25) is 0 Å². The van der Waals surface area contributed by atoms with E-state index in [1.165, 1.54) is 18.5 Å². The average molecular weight is 371 g/mol. The van der Waals surface area contributed by atoms with Crippen molar-refractivity contribution in [3.8, 4) is 11.1 Å². The van der Waals surface area contributed by atoms with E-state index >= 15 is 0 Å². The molecule has 3 N–H and O–H groups in total. The SMILES string of the molecule is C[C@H](CO)NS(=O)(=O)c1ccc(-c2ccnc3[nH]c(C4CC4)cc23)cc1. The Morgan fingerprint density at radius 1 is 1.27 bits per heavy atom. The van der Waals surface area contributed by atoms with Crippen LogP contribution in [-0.2, 0) is 10.0 Å². The highest BCUT2D eigenvalue weighted by Crippen LogP contribution is 2.41. The Hall–Kier alpha value is -2.22. The third-order valence-electron chi connectivity index (χ3n) is 4.68. The summed E-state index contributed by atoms with van der Waals surface area (Å²) < 4.78 is 27.1. The molecule has 1 atom stereocenters. The summed E-state index contributed by atoms with van der Waals surface area (Å²) in [5.41, 5.74) is 4.05. The van der Waals surface area contributed by atoms with Crippen molar-refractivity contribution in [3.05, 3.63) is 48.3 Å². The third kappa shape index (κ3) is 3.25. The van der Waals surface area contributed by atoms with Gasteiger partial charge in [0.2, 0.25) is 10.0 Å². The molecule has 2 heterocycles. The molecule has 136 valence electrons. The molecule has 1 saturated carbocycles. The normalized spacial score (nSPS) is 16.1. The van der Waals surface area contributed by atoms with Crippen molar-refractivity contribution in [2.75, 3.05) is 6.61 Å². The van der Waals surface area contributed by atoms with Crippen LogP contribution in [0.1, 0.15) is 31.4 Å². The predicted octanol–water partition coefficient (Wildman–Crippen LogP) is 2.77. The number of H-pyrrole nitrogens is 1. The second-order valence-corrected chi connectivity index (χ2v) is 8.56. The van der Waals surface area contributed by atoms with Gasteiger partial charge in [0, 0.05) is 23.3 Å². The van der Waals surface area contributed by atoms with Crippen LogP contribution in [0.5, 0.6) is 0 Å².